The molecule has 0 aromatic carbocycles. The van der Waals surface area contributed by atoms with E-state index in [1.807, 2.05) is 23.2 Å². The molecule has 8 nitrogen and oxygen atoms in total. The predicted molar refractivity (Wildman–Crippen MR) is 99.0 cm³/mol. The zero-order valence-corrected chi connectivity index (χ0v) is 16.3. The molecule has 1 amide bonds. The highest BCUT2D eigenvalue weighted by Gasteiger charge is 2.45. The average Bonchev–Trinajstić information content (AvgIpc) is 3.42. The first-order valence-corrected chi connectivity index (χ1v) is 9.52. The van der Waals surface area contributed by atoms with E-state index in [-0.39, 0.29) is 24.2 Å². The maximum absolute atomic E-state index is 12.7. The standard InChI is InChI=1S/C18H20N2O4.C2HF3O2/c21-18(14-5-8-22-12-14)20-7-9-23-17-15(20)3-4-16(17)24-11-13-2-1-6-19-10-13;3-2(4,5)1(6)7/h1-2,5-6,8,10,12,15-17H,3-4,7,9,11H2;(H,6,7)/t15-,16+,17+;/m0./s1. The fourth-order valence-corrected chi connectivity index (χ4v) is 3.58. The number of nitrogens with zero attached hydrogens (tertiary/aromatic N) is 2. The summed E-state index contributed by atoms with van der Waals surface area (Å²) in [5, 5.41) is 7.12. The Labute approximate surface area is 175 Å². The lowest BCUT2D eigenvalue weighted by Crippen LogP contribution is -2.53. The molecule has 2 aromatic rings. The number of hydrogen-bond donors (Lipinski definition) is 1. The largest absolute Gasteiger partial charge is 0.490 e. The van der Waals surface area contributed by atoms with Crippen LogP contribution in [0.1, 0.15) is 28.8 Å². The van der Waals surface area contributed by atoms with E-state index in [0.29, 0.717) is 25.3 Å². The molecule has 1 aliphatic carbocycles. The van der Waals surface area contributed by atoms with Gasteiger partial charge in [0.25, 0.3) is 5.91 Å². The molecule has 1 saturated carbocycles. The van der Waals surface area contributed by atoms with Gasteiger partial charge in [-0.05, 0) is 30.5 Å². The summed E-state index contributed by atoms with van der Waals surface area (Å²) in [5.74, 6) is -2.75. The summed E-state index contributed by atoms with van der Waals surface area (Å²) in [5.41, 5.74) is 1.64. The number of rotatable bonds is 4. The van der Waals surface area contributed by atoms with Gasteiger partial charge in [-0.15, -0.1) is 0 Å². The molecule has 1 saturated heterocycles. The number of furan rings is 1. The van der Waals surface area contributed by atoms with E-state index in [9.17, 15) is 18.0 Å². The number of ether oxygens (including phenoxy) is 2. The lowest BCUT2D eigenvalue weighted by Gasteiger charge is -2.38. The van der Waals surface area contributed by atoms with Crippen molar-refractivity contribution in [3.63, 3.8) is 0 Å². The van der Waals surface area contributed by atoms with E-state index >= 15 is 0 Å². The third kappa shape index (κ3) is 5.82. The minimum absolute atomic E-state index is 0.00922. The minimum atomic E-state index is -5.08. The van der Waals surface area contributed by atoms with Crippen LogP contribution in [0.15, 0.2) is 47.5 Å². The number of amides is 1. The molecule has 11 heteroatoms. The molecule has 2 aliphatic rings. The number of aromatic nitrogens is 1. The van der Waals surface area contributed by atoms with E-state index in [0.717, 1.165) is 18.4 Å². The van der Waals surface area contributed by atoms with Crippen molar-refractivity contribution in [2.24, 2.45) is 0 Å². The monoisotopic (exact) mass is 442 g/mol. The Balaban J connectivity index is 0.000000339. The second-order valence-corrected chi connectivity index (χ2v) is 7.00. The van der Waals surface area contributed by atoms with Crippen molar-refractivity contribution < 1.29 is 41.8 Å². The fourth-order valence-electron chi connectivity index (χ4n) is 3.58. The first-order valence-electron chi connectivity index (χ1n) is 9.52. The number of hydrogen-bond acceptors (Lipinski definition) is 6. The van der Waals surface area contributed by atoms with Crippen LogP contribution >= 0.6 is 0 Å². The van der Waals surface area contributed by atoms with Gasteiger partial charge in [0, 0.05) is 18.9 Å². The Kier molecular flexibility index (Phi) is 7.29. The molecule has 31 heavy (non-hydrogen) atoms. The molecule has 2 aromatic heterocycles. The summed E-state index contributed by atoms with van der Waals surface area (Å²) in [6.07, 6.45) is 3.23. The highest BCUT2D eigenvalue weighted by atomic mass is 19.4. The van der Waals surface area contributed by atoms with E-state index in [4.69, 9.17) is 23.8 Å². The predicted octanol–water partition coefficient (Wildman–Crippen LogP) is 2.90. The molecule has 1 N–H and O–H groups in total. The first kappa shape index (κ1) is 22.8. The van der Waals surface area contributed by atoms with Gasteiger partial charge in [0.15, 0.2) is 0 Å². The van der Waals surface area contributed by atoms with Crippen LogP contribution in [0, 0.1) is 0 Å². The van der Waals surface area contributed by atoms with E-state index in [1.165, 1.54) is 12.5 Å². The van der Waals surface area contributed by atoms with Crippen LogP contribution in [-0.2, 0) is 20.9 Å². The highest BCUT2D eigenvalue weighted by Crippen LogP contribution is 2.33. The quantitative estimate of drug-likeness (QED) is 0.777. The Hall–Kier alpha value is -2.92. The number of morpholine rings is 1. The molecule has 2 fully saturated rings. The van der Waals surface area contributed by atoms with Crippen LogP contribution < -0.4 is 0 Å². The topological polar surface area (TPSA) is 102 Å². The van der Waals surface area contributed by atoms with Gasteiger partial charge in [0.2, 0.25) is 0 Å². The Morgan fingerprint density at radius 3 is 2.68 bits per heavy atom. The number of aliphatic carboxylic acids is 1. The molecule has 0 radical (unpaired) electrons. The number of carbonyl (C=O) groups excluding carboxylic acids is 1. The van der Waals surface area contributed by atoms with Crippen LogP contribution in [0.4, 0.5) is 13.2 Å². The van der Waals surface area contributed by atoms with Gasteiger partial charge in [0.05, 0.1) is 37.2 Å². The molecule has 4 rings (SSSR count). The van der Waals surface area contributed by atoms with Crippen LogP contribution in [-0.4, -0.2) is 64.4 Å². The molecular formula is C20H21F3N2O6. The molecule has 1 aliphatic heterocycles. The molecule has 3 atom stereocenters. The summed E-state index contributed by atoms with van der Waals surface area (Å²) in [7, 11) is 0. The normalized spacial score (nSPS) is 22.9. The van der Waals surface area contributed by atoms with Crippen molar-refractivity contribution in [1.29, 1.82) is 0 Å². The maximum Gasteiger partial charge on any atom is 0.490 e. The lowest BCUT2D eigenvalue weighted by atomic mass is 10.1. The molecule has 168 valence electrons. The van der Waals surface area contributed by atoms with Crippen molar-refractivity contribution in [3.8, 4) is 0 Å². The van der Waals surface area contributed by atoms with Gasteiger partial charge in [-0.1, -0.05) is 6.07 Å². The zero-order valence-electron chi connectivity index (χ0n) is 16.3. The van der Waals surface area contributed by atoms with Gasteiger partial charge in [-0.2, -0.15) is 13.2 Å². The maximum atomic E-state index is 12.7. The smallest absolute Gasteiger partial charge is 0.475 e. The zero-order chi connectivity index (χ0) is 22.4. The minimum Gasteiger partial charge on any atom is -0.475 e. The molecule has 0 unspecified atom stereocenters. The van der Waals surface area contributed by atoms with Gasteiger partial charge in [-0.25, -0.2) is 4.79 Å². The Morgan fingerprint density at radius 2 is 2.06 bits per heavy atom. The van der Waals surface area contributed by atoms with Crippen molar-refractivity contribution >= 4 is 11.9 Å². The average molecular weight is 442 g/mol. The number of carboxylic acids is 1. The number of alkyl halides is 3. The summed E-state index contributed by atoms with van der Waals surface area (Å²) in [6, 6.07) is 5.67. The fraction of sp³-hybridized carbons (Fsp3) is 0.450. The lowest BCUT2D eigenvalue weighted by molar-refractivity contribution is -0.192. The van der Waals surface area contributed by atoms with Gasteiger partial charge < -0.3 is 23.9 Å². The molecule has 0 spiro atoms. The summed E-state index contributed by atoms with van der Waals surface area (Å²) in [6.45, 7) is 1.67. The SMILES string of the molecule is O=C(O)C(F)(F)F.O=C(c1ccoc1)N1CCO[C@H]2[C@H](OCc3cccnc3)CC[C@@H]21. The van der Waals surface area contributed by atoms with Crippen molar-refractivity contribution in [2.45, 2.75) is 43.9 Å². The van der Waals surface area contributed by atoms with Crippen LogP contribution in [0.5, 0.6) is 0 Å². The molecule has 0 bridgehead atoms. The van der Waals surface area contributed by atoms with Crippen molar-refractivity contribution in [2.75, 3.05) is 13.2 Å². The van der Waals surface area contributed by atoms with Gasteiger partial charge in [-0.3, -0.25) is 9.78 Å². The highest BCUT2D eigenvalue weighted by molar-refractivity contribution is 5.94. The number of carboxylic acid groups (broad SMARTS) is 1. The van der Waals surface area contributed by atoms with E-state index < -0.39 is 12.1 Å². The van der Waals surface area contributed by atoms with Crippen molar-refractivity contribution in [3.05, 3.63) is 54.2 Å². The third-order valence-electron chi connectivity index (χ3n) is 4.99. The van der Waals surface area contributed by atoms with Crippen LogP contribution in [0.2, 0.25) is 0 Å². The van der Waals surface area contributed by atoms with E-state index in [1.54, 1.807) is 12.3 Å². The number of pyridine rings is 1. The van der Waals surface area contributed by atoms with Crippen molar-refractivity contribution in [1.82, 2.24) is 9.88 Å². The Bertz CT molecular complexity index is 860. The summed E-state index contributed by atoms with van der Waals surface area (Å²) < 4.78 is 48.8. The first-order chi connectivity index (χ1) is 14.8. The number of carbonyl (C=O) groups is 2. The summed E-state index contributed by atoms with van der Waals surface area (Å²) >= 11 is 0. The van der Waals surface area contributed by atoms with Gasteiger partial charge >= 0.3 is 12.1 Å². The molecule has 3 heterocycles. The van der Waals surface area contributed by atoms with Crippen LogP contribution in [0.3, 0.4) is 0 Å². The molecular weight excluding hydrogens is 421 g/mol. The number of fused-ring (bicyclic) bond motifs is 1. The third-order valence-corrected chi connectivity index (χ3v) is 4.99. The van der Waals surface area contributed by atoms with Crippen LogP contribution in [0.25, 0.3) is 0 Å². The summed E-state index contributed by atoms with van der Waals surface area (Å²) in [4.78, 5) is 27.6. The second-order valence-electron chi connectivity index (χ2n) is 7.00. The Morgan fingerprint density at radius 1 is 1.29 bits per heavy atom. The van der Waals surface area contributed by atoms with E-state index in [2.05, 4.69) is 4.98 Å². The number of halogens is 3. The van der Waals surface area contributed by atoms with Gasteiger partial charge in [0.1, 0.15) is 12.4 Å². The second kappa shape index (κ2) is 9.92.